The fourth-order valence-electron chi connectivity index (χ4n) is 2.90. The number of alkyl halides is 3. The second kappa shape index (κ2) is 9.14. The molecule has 2 saturated heterocycles. The van der Waals surface area contributed by atoms with Gasteiger partial charge < -0.3 is 14.6 Å². The molecule has 126 valence electrons. The third-order valence-corrected chi connectivity index (χ3v) is 7.60. The van der Waals surface area contributed by atoms with Crippen LogP contribution in [-0.2, 0) is 9.47 Å². The molecule has 2 heterocycles. The van der Waals surface area contributed by atoms with E-state index in [-0.39, 0.29) is 38.9 Å². The van der Waals surface area contributed by atoms with Gasteiger partial charge in [-0.15, -0.1) is 5.73 Å². The topological polar surface area (TPSA) is 38.7 Å². The van der Waals surface area contributed by atoms with Crippen LogP contribution in [0.4, 0.5) is 0 Å². The molecule has 2 aliphatic rings. The number of halogens is 4. The average Bonchev–Trinajstić information content (AvgIpc) is 2.91. The van der Waals surface area contributed by atoms with Crippen LogP contribution in [0.15, 0.2) is 16.8 Å². The van der Waals surface area contributed by atoms with Crippen molar-refractivity contribution in [2.24, 2.45) is 0 Å². The van der Waals surface area contributed by atoms with Crippen molar-refractivity contribution < 1.29 is 14.6 Å². The van der Waals surface area contributed by atoms with Crippen LogP contribution in [0.25, 0.3) is 0 Å². The van der Waals surface area contributed by atoms with E-state index in [0.29, 0.717) is 0 Å². The minimum atomic E-state index is -0.523. The highest BCUT2D eigenvalue weighted by atomic mass is 79.9. The third-order valence-electron chi connectivity index (χ3n) is 4.12. The van der Waals surface area contributed by atoms with E-state index in [1.807, 2.05) is 6.08 Å². The molecule has 0 aliphatic carbocycles. The summed E-state index contributed by atoms with van der Waals surface area (Å²) in [7, 11) is 0. The summed E-state index contributed by atoms with van der Waals surface area (Å²) in [5.74, 6) is 0. The summed E-state index contributed by atoms with van der Waals surface area (Å²) in [6.07, 6.45) is 3.69. The molecule has 0 aromatic rings. The van der Waals surface area contributed by atoms with Crippen LogP contribution in [0, 0.1) is 0 Å². The van der Waals surface area contributed by atoms with Gasteiger partial charge in [0, 0.05) is 21.1 Å². The Morgan fingerprint density at radius 1 is 1.32 bits per heavy atom. The van der Waals surface area contributed by atoms with Gasteiger partial charge in [-0.1, -0.05) is 70.6 Å². The Balaban J connectivity index is 2.20. The normalized spacial score (nSPS) is 43.5. The van der Waals surface area contributed by atoms with Gasteiger partial charge in [-0.25, -0.2) is 0 Å². The lowest BCUT2D eigenvalue weighted by molar-refractivity contribution is -0.0816. The molecule has 0 spiro atoms. The number of rotatable bonds is 3. The average molecular weight is 568 g/mol. The van der Waals surface area contributed by atoms with Crippen LogP contribution in [0.2, 0.25) is 0 Å². The van der Waals surface area contributed by atoms with Gasteiger partial charge in [0.1, 0.15) is 0 Å². The maximum atomic E-state index is 10.5. The molecule has 22 heavy (non-hydrogen) atoms. The van der Waals surface area contributed by atoms with Crippen LogP contribution >= 0.6 is 63.7 Å². The zero-order chi connectivity index (χ0) is 16.3. The van der Waals surface area contributed by atoms with Gasteiger partial charge in [0.25, 0.3) is 0 Å². The highest BCUT2D eigenvalue weighted by Gasteiger charge is 2.47. The van der Waals surface area contributed by atoms with Crippen molar-refractivity contribution in [2.45, 2.75) is 71.2 Å². The maximum absolute atomic E-state index is 10.5. The van der Waals surface area contributed by atoms with E-state index in [9.17, 15) is 5.11 Å². The van der Waals surface area contributed by atoms with E-state index < -0.39 is 6.10 Å². The van der Waals surface area contributed by atoms with E-state index in [0.717, 1.165) is 19.3 Å². The summed E-state index contributed by atoms with van der Waals surface area (Å²) >= 11 is 14.1. The lowest BCUT2D eigenvalue weighted by atomic mass is 9.96. The Kier molecular flexibility index (Phi) is 8.16. The van der Waals surface area contributed by atoms with Gasteiger partial charge in [0.05, 0.1) is 35.3 Å². The monoisotopic (exact) mass is 564 g/mol. The molecule has 8 atom stereocenters. The molecule has 0 aromatic heterocycles. The van der Waals surface area contributed by atoms with E-state index in [2.05, 4.69) is 76.4 Å². The fourth-order valence-corrected chi connectivity index (χ4v) is 5.34. The van der Waals surface area contributed by atoms with Gasteiger partial charge in [0.15, 0.2) is 0 Å². The molecular weight excluding hydrogens is 548 g/mol. The second-order valence-electron chi connectivity index (χ2n) is 5.64. The van der Waals surface area contributed by atoms with Crippen molar-refractivity contribution in [3.05, 3.63) is 16.8 Å². The third kappa shape index (κ3) is 4.69. The standard InChI is InChI=1S/C15H20Br4O3/c1-2-9(17)11-7-10(18)14(20)13(19)15-12(22-11)6-8(21-15)4-3-5-16/h4-5,8-15,20H,2,6-7H2,1H3/t3?,8-,9?,10-,11?,12+,13-,14-,15-/m0/s1. The Hall–Kier alpha value is 1.32. The number of hydrogen-bond acceptors (Lipinski definition) is 3. The number of aliphatic hydroxyl groups excluding tert-OH is 1. The summed E-state index contributed by atoms with van der Waals surface area (Å²) in [6, 6.07) is 0. The van der Waals surface area contributed by atoms with Crippen molar-refractivity contribution in [1.29, 1.82) is 0 Å². The van der Waals surface area contributed by atoms with E-state index in [4.69, 9.17) is 9.47 Å². The van der Waals surface area contributed by atoms with E-state index in [1.54, 1.807) is 4.99 Å². The summed E-state index contributed by atoms with van der Waals surface area (Å²) < 4.78 is 12.4. The summed E-state index contributed by atoms with van der Waals surface area (Å²) in [6.45, 7) is 2.13. The molecule has 1 N–H and O–H groups in total. The lowest BCUT2D eigenvalue weighted by Crippen LogP contribution is -2.49. The highest BCUT2D eigenvalue weighted by Crippen LogP contribution is 2.38. The zero-order valence-corrected chi connectivity index (χ0v) is 18.5. The molecule has 2 rings (SSSR count). The maximum Gasteiger partial charge on any atom is 0.0996 e. The van der Waals surface area contributed by atoms with E-state index in [1.165, 1.54) is 0 Å². The Morgan fingerprint density at radius 2 is 2.05 bits per heavy atom. The minimum absolute atomic E-state index is 0.0324. The molecular formula is C15H20Br4O3. The van der Waals surface area contributed by atoms with Crippen molar-refractivity contribution in [3.63, 3.8) is 0 Å². The van der Waals surface area contributed by atoms with Crippen LogP contribution < -0.4 is 0 Å². The SMILES string of the molecule is CCC(Br)C1C[C@H](Br)[C@H](O)[C@H](Br)[C@H]2O[C@@H](C=C=CBr)C[C@H]2O1. The van der Waals surface area contributed by atoms with Gasteiger partial charge in [-0.2, -0.15) is 0 Å². The molecule has 0 radical (unpaired) electrons. The van der Waals surface area contributed by atoms with Crippen molar-refractivity contribution >= 4 is 63.7 Å². The van der Waals surface area contributed by atoms with Gasteiger partial charge in [0.2, 0.25) is 0 Å². The molecule has 3 nitrogen and oxygen atoms in total. The lowest BCUT2D eigenvalue weighted by Gasteiger charge is -2.37. The smallest absolute Gasteiger partial charge is 0.0996 e. The first-order valence-corrected chi connectivity index (χ1v) is 11.1. The predicted octanol–water partition coefficient (Wildman–Crippen LogP) is 4.43. The van der Waals surface area contributed by atoms with Gasteiger partial charge >= 0.3 is 0 Å². The molecule has 2 unspecified atom stereocenters. The summed E-state index contributed by atoms with van der Waals surface area (Å²) in [5.41, 5.74) is 3.00. The molecule has 2 fully saturated rings. The summed E-state index contributed by atoms with van der Waals surface area (Å²) in [5, 5.41) is 10.5. The van der Waals surface area contributed by atoms with Crippen LogP contribution in [0.5, 0.6) is 0 Å². The van der Waals surface area contributed by atoms with Crippen molar-refractivity contribution in [1.82, 2.24) is 0 Å². The van der Waals surface area contributed by atoms with Crippen molar-refractivity contribution in [2.75, 3.05) is 0 Å². The molecule has 0 saturated carbocycles. The largest absolute Gasteiger partial charge is 0.391 e. The number of ether oxygens (including phenoxy) is 2. The number of fused-ring (bicyclic) bond motifs is 1. The quantitative estimate of drug-likeness (QED) is 0.405. The minimum Gasteiger partial charge on any atom is -0.391 e. The van der Waals surface area contributed by atoms with Crippen LogP contribution in [0.1, 0.15) is 26.2 Å². The molecule has 0 amide bonds. The molecule has 0 bridgehead atoms. The number of hydrogen-bond donors (Lipinski definition) is 1. The fraction of sp³-hybridized carbons (Fsp3) is 0.800. The Bertz CT molecular complexity index is 427. The second-order valence-corrected chi connectivity index (χ2v) is 9.51. The first-order chi connectivity index (χ1) is 10.5. The van der Waals surface area contributed by atoms with Crippen LogP contribution in [0.3, 0.4) is 0 Å². The Morgan fingerprint density at radius 3 is 2.68 bits per heavy atom. The van der Waals surface area contributed by atoms with E-state index >= 15 is 0 Å². The predicted molar refractivity (Wildman–Crippen MR) is 103 cm³/mol. The Labute approximate surface area is 165 Å². The number of aliphatic hydroxyl groups is 1. The van der Waals surface area contributed by atoms with Crippen LogP contribution in [-0.4, -0.2) is 50.1 Å². The molecule has 0 aromatic carbocycles. The van der Waals surface area contributed by atoms with Gasteiger partial charge in [-0.05, 0) is 18.9 Å². The van der Waals surface area contributed by atoms with Crippen molar-refractivity contribution in [3.8, 4) is 0 Å². The molecule has 2 aliphatic heterocycles. The van der Waals surface area contributed by atoms with Gasteiger partial charge in [-0.3, -0.25) is 0 Å². The summed E-state index contributed by atoms with van der Waals surface area (Å²) in [4.78, 5) is 1.75. The highest BCUT2D eigenvalue weighted by molar-refractivity contribution is 9.11. The first-order valence-electron chi connectivity index (χ1n) is 7.40. The first kappa shape index (κ1) is 19.6. The molecule has 7 heteroatoms. The zero-order valence-electron chi connectivity index (χ0n) is 12.2.